The summed E-state index contributed by atoms with van der Waals surface area (Å²) >= 11 is 0. The molecule has 0 saturated heterocycles. The maximum Gasteiger partial charge on any atom is 0.357 e. The quantitative estimate of drug-likeness (QED) is 0.413. The first-order chi connectivity index (χ1) is 10.9. The monoisotopic (exact) mass is 337 g/mol. The minimum atomic E-state index is -3.72. The smallest absolute Gasteiger partial charge is 0.357 e. The maximum atomic E-state index is 11.8. The molecule has 124 valence electrons. The van der Waals surface area contributed by atoms with Gasteiger partial charge in [0.05, 0.1) is 12.9 Å². The van der Waals surface area contributed by atoms with E-state index >= 15 is 0 Å². The highest BCUT2D eigenvalue weighted by atomic mass is 32.2. The van der Waals surface area contributed by atoms with Crippen LogP contribution in [0.15, 0.2) is 47.4 Å². The van der Waals surface area contributed by atoms with E-state index in [1.807, 2.05) is 0 Å². The third kappa shape index (κ3) is 6.92. The van der Waals surface area contributed by atoms with Crippen molar-refractivity contribution in [3.8, 4) is 5.75 Å². The van der Waals surface area contributed by atoms with Crippen LogP contribution in [0.5, 0.6) is 5.75 Å². The van der Waals surface area contributed by atoms with Gasteiger partial charge in [0.15, 0.2) is 5.71 Å². The molecule has 0 bridgehead atoms. The number of sulfonamides is 1. The Labute approximate surface area is 136 Å². The molecule has 23 heavy (non-hydrogen) atoms. The molecule has 6 nitrogen and oxygen atoms in total. The predicted molar refractivity (Wildman–Crippen MR) is 90.1 cm³/mol. The molecular formula is C16H19NO5S. The molecule has 0 aliphatic rings. The molecule has 0 N–H and O–H groups in total. The lowest BCUT2D eigenvalue weighted by atomic mass is 10.1. The highest BCUT2D eigenvalue weighted by molar-refractivity contribution is 7.89. The van der Waals surface area contributed by atoms with Gasteiger partial charge in [-0.15, -0.1) is 0 Å². The van der Waals surface area contributed by atoms with Gasteiger partial charge in [0, 0.05) is 5.56 Å². The Kier molecular flexibility index (Phi) is 7.21. The van der Waals surface area contributed by atoms with Gasteiger partial charge in [0.1, 0.15) is 12.4 Å². The normalized spacial score (nSPS) is 12.2. The highest BCUT2D eigenvalue weighted by Gasteiger charge is 2.13. The van der Waals surface area contributed by atoms with Crippen molar-refractivity contribution in [3.05, 3.63) is 48.6 Å². The molecule has 0 aliphatic heterocycles. The summed E-state index contributed by atoms with van der Waals surface area (Å²) in [7, 11) is -3.72. The Balaban J connectivity index is 3.13. The average Bonchev–Trinajstić information content (AvgIpc) is 2.49. The van der Waals surface area contributed by atoms with Gasteiger partial charge in [0.2, 0.25) is 0 Å². The van der Waals surface area contributed by atoms with Crippen LogP contribution in [0.4, 0.5) is 0 Å². The fourth-order valence-corrected chi connectivity index (χ4v) is 2.08. The van der Waals surface area contributed by atoms with Crippen LogP contribution in [0, 0.1) is 0 Å². The van der Waals surface area contributed by atoms with E-state index in [9.17, 15) is 13.2 Å². The molecule has 0 aliphatic carbocycles. The zero-order valence-electron chi connectivity index (χ0n) is 13.1. The van der Waals surface area contributed by atoms with Gasteiger partial charge in [-0.05, 0) is 25.1 Å². The van der Waals surface area contributed by atoms with Crippen LogP contribution in [-0.4, -0.2) is 39.6 Å². The summed E-state index contributed by atoms with van der Waals surface area (Å²) in [4.78, 5) is 11.8. The van der Waals surface area contributed by atoms with Gasteiger partial charge in [-0.1, -0.05) is 30.9 Å². The minimum Gasteiger partial charge on any atom is -0.489 e. The highest BCUT2D eigenvalue weighted by Crippen LogP contribution is 2.19. The molecule has 0 aromatic heterocycles. The Hall–Kier alpha value is -2.41. The van der Waals surface area contributed by atoms with Gasteiger partial charge in [0.25, 0.3) is 10.0 Å². The molecule has 0 radical (unpaired) electrons. The van der Waals surface area contributed by atoms with Crippen molar-refractivity contribution >= 4 is 27.8 Å². The third-order valence-corrected chi connectivity index (χ3v) is 2.97. The molecular weight excluding hydrogens is 318 g/mol. The standard InChI is InChI=1S/C16H19NO5S/c1-4-12-22-15-9-7-6-8-13(15)10-11-14(16(18)21-5-2)17-23(3,19)20/h4,6-11H,1,5,12H2,2-3H3/b11-10+,17-14-. The summed E-state index contributed by atoms with van der Waals surface area (Å²) in [5, 5.41) is 0. The van der Waals surface area contributed by atoms with Crippen LogP contribution in [0.1, 0.15) is 12.5 Å². The van der Waals surface area contributed by atoms with Crippen LogP contribution in [0.3, 0.4) is 0 Å². The van der Waals surface area contributed by atoms with Crippen molar-refractivity contribution in [3.63, 3.8) is 0 Å². The summed E-state index contributed by atoms with van der Waals surface area (Å²) in [6.07, 6.45) is 5.34. The van der Waals surface area contributed by atoms with E-state index < -0.39 is 16.0 Å². The zero-order chi connectivity index (χ0) is 17.3. The summed E-state index contributed by atoms with van der Waals surface area (Å²) in [5.74, 6) is -0.232. The fourth-order valence-electron chi connectivity index (χ4n) is 1.59. The Morgan fingerprint density at radius 3 is 2.65 bits per heavy atom. The van der Waals surface area contributed by atoms with E-state index in [2.05, 4.69) is 11.0 Å². The topological polar surface area (TPSA) is 82.0 Å². The summed E-state index contributed by atoms with van der Waals surface area (Å²) < 4.78 is 36.3. The van der Waals surface area contributed by atoms with Crippen LogP contribution in [0.25, 0.3) is 6.08 Å². The number of carbonyl (C=O) groups excluding carboxylic acids is 1. The number of para-hydroxylation sites is 1. The van der Waals surface area contributed by atoms with Crippen molar-refractivity contribution in [2.24, 2.45) is 4.40 Å². The summed E-state index contributed by atoms with van der Waals surface area (Å²) in [6, 6.07) is 7.10. The van der Waals surface area contributed by atoms with Crippen molar-refractivity contribution in [1.29, 1.82) is 0 Å². The molecule has 1 aromatic carbocycles. The molecule has 0 amide bonds. The Morgan fingerprint density at radius 1 is 1.35 bits per heavy atom. The molecule has 0 heterocycles. The van der Waals surface area contributed by atoms with Gasteiger partial charge < -0.3 is 9.47 Å². The molecule has 0 spiro atoms. The van der Waals surface area contributed by atoms with E-state index in [0.29, 0.717) is 17.9 Å². The van der Waals surface area contributed by atoms with Crippen LogP contribution in [-0.2, 0) is 19.6 Å². The molecule has 1 aromatic rings. The van der Waals surface area contributed by atoms with E-state index in [-0.39, 0.29) is 12.3 Å². The number of ether oxygens (including phenoxy) is 2. The lowest BCUT2D eigenvalue weighted by Gasteiger charge is -2.07. The van der Waals surface area contributed by atoms with E-state index in [1.54, 1.807) is 43.3 Å². The summed E-state index contributed by atoms with van der Waals surface area (Å²) in [5.41, 5.74) is 0.368. The van der Waals surface area contributed by atoms with Crippen LogP contribution in [0.2, 0.25) is 0 Å². The van der Waals surface area contributed by atoms with Crippen LogP contribution < -0.4 is 4.74 Å². The first-order valence-electron chi connectivity index (χ1n) is 6.85. The molecule has 0 saturated carbocycles. The first-order valence-corrected chi connectivity index (χ1v) is 8.70. The van der Waals surface area contributed by atoms with Crippen molar-refractivity contribution < 1.29 is 22.7 Å². The average molecular weight is 337 g/mol. The summed E-state index contributed by atoms with van der Waals surface area (Å²) in [6.45, 7) is 5.64. The number of nitrogens with zero attached hydrogens (tertiary/aromatic N) is 1. The largest absolute Gasteiger partial charge is 0.489 e. The number of hydrogen-bond donors (Lipinski definition) is 0. The number of benzene rings is 1. The van der Waals surface area contributed by atoms with Crippen molar-refractivity contribution in [2.45, 2.75) is 6.92 Å². The molecule has 7 heteroatoms. The molecule has 0 unspecified atom stereocenters. The van der Waals surface area contributed by atoms with E-state index in [0.717, 1.165) is 6.26 Å². The van der Waals surface area contributed by atoms with Crippen LogP contribution >= 0.6 is 0 Å². The van der Waals surface area contributed by atoms with Gasteiger partial charge >= 0.3 is 5.97 Å². The van der Waals surface area contributed by atoms with Gasteiger partial charge in [-0.25, -0.2) is 13.2 Å². The molecule has 0 atom stereocenters. The zero-order valence-corrected chi connectivity index (χ0v) is 13.9. The maximum absolute atomic E-state index is 11.8. The number of carbonyl (C=O) groups is 1. The minimum absolute atomic E-state index is 0.120. The van der Waals surface area contributed by atoms with E-state index in [4.69, 9.17) is 9.47 Å². The Bertz CT molecular complexity index is 720. The first kappa shape index (κ1) is 18.6. The number of rotatable bonds is 8. The number of hydrogen-bond acceptors (Lipinski definition) is 5. The molecule has 0 fully saturated rings. The second-order valence-electron chi connectivity index (χ2n) is 4.40. The van der Waals surface area contributed by atoms with Crippen molar-refractivity contribution in [1.82, 2.24) is 0 Å². The van der Waals surface area contributed by atoms with Gasteiger partial charge in [-0.2, -0.15) is 4.40 Å². The Morgan fingerprint density at radius 2 is 2.04 bits per heavy atom. The molecule has 1 rings (SSSR count). The number of esters is 1. The third-order valence-electron chi connectivity index (χ3n) is 2.45. The van der Waals surface area contributed by atoms with Gasteiger partial charge in [-0.3, -0.25) is 0 Å². The van der Waals surface area contributed by atoms with E-state index in [1.165, 1.54) is 6.08 Å². The SMILES string of the molecule is C=CCOc1ccccc1/C=C/C(=N/S(C)(=O)=O)C(=O)OCC. The lowest BCUT2D eigenvalue weighted by molar-refractivity contribution is -0.134. The van der Waals surface area contributed by atoms with Crippen molar-refractivity contribution in [2.75, 3.05) is 19.5 Å². The fraction of sp³-hybridized carbons (Fsp3) is 0.250. The predicted octanol–water partition coefficient (Wildman–Crippen LogP) is 2.23. The lowest BCUT2D eigenvalue weighted by Crippen LogP contribution is -2.17. The second-order valence-corrected chi connectivity index (χ2v) is 6.05. The second kappa shape index (κ2) is 8.89.